The highest BCUT2D eigenvalue weighted by atomic mass is 16.5. The summed E-state index contributed by atoms with van der Waals surface area (Å²) >= 11 is 0. The highest BCUT2D eigenvalue weighted by molar-refractivity contribution is 6.01. The molecule has 2 amide bonds. The third kappa shape index (κ3) is 4.33. The Balaban J connectivity index is 1.63. The predicted molar refractivity (Wildman–Crippen MR) is 120 cm³/mol. The standard InChI is InChI=1S/C24H34N4O3/c1-17(2)31-15-9-14-28-22(29)21-26-19-12-7-8-13-20(19)27(21)16-24(28,3)23(30)25-18-10-5-4-6-11-18/h7-8,12-13,17-18H,4-6,9-11,14-16H2,1-3H3,(H,25,30). The number of nitrogens with zero attached hydrogens (tertiary/aromatic N) is 3. The van der Waals surface area contributed by atoms with Crippen molar-refractivity contribution in [1.82, 2.24) is 19.8 Å². The van der Waals surface area contributed by atoms with E-state index in [1.807, 2.05) is 49.6 Å². The van der Waals surface area contributed by atoms with Crippen molar-refractivity contribution in [3.05, 3.63) is 30.1 Å². The third-order valence-electron chi connectivity index (χ3n) is 6.56. The van der Waals surface area contributed by atoms with Gasteiger partial charge in [-0.15, -0.1) is 0 Å². The van der Waals surface area contributed by atoms with Crippen molar-refractivity contribution in [3.8, 4) is 0 Å². The van der Waals surface area contributed by atoms with E-state index in [0.717, 1.165) is 36.7 Å². The molecule has 1 fully saturated rings. The van der Waals surface area contributed by atoms with Gasteiger partial charge in [-0.3, -0.25) is 9.59 Å². The fraction of sp³-hybridized carbons (Fsp3) is 0.625. The van der Waals surface area contributed by atoms with Gasteiger partial charge in [-0.2, -0.15) is 0 Å². The van der Waals surface area contributed by atoms with Crippen molar-refractivity contribution in [2.45, 2.75) is 83.5 Å². The monoisotopic (exact) mass is 426 g/mol. The lowest BCUT2D eigenvalue weighted by atomic mass is 9.91. The number of carbonyl (C=O) groups is 2. The van der Waals surface area contributed by atoms with Gasteiger partial charge < -0.3 is 19.5 Å². The van der Waals surface area contributed by atoms with Crippen molar-refractivity contribution < 1.29 is 14.3 Å². The van der Waals surface area contributed by atoms with Crippen LogP contribution in [-0.4, -0.2) is 57.1 Å². The number of hydrogen-bond donors (Lipinski definition) is 1. The Morgan fingerprint density at radius 3 is 2.74 bits per heavy atom. The number of nitrogens with one attached hydrogen (secondary N) is 1. The molecule has 2 aliphatic rings. The molecule has 1 aromatic carbocycles. The SMILES string of the molecule is CC(C)OCCCN1C(=O)c2nc3ccccc3n2CC1(C)C(=O)NC1CCCCC1. The van der Waals surface area contributed by atoms with Crippen molar-refractivity contribution in [3.63, 3.8) is 0 Å². The van der Waals surface area contributed by atoms with Crippen LogP contribution in [0.3, 0.4) is 0 Å². The van der Waals surface area contributed by atoms with E-state index in [0.29, 0.717) is 31.9 Å². The first-order valence-corrected chi connectivity index (χ1v) is 11.6. The molecule has 1 atom stereocenters. The van der Waals surface area contributed by atoms with Crippen molar-refractivity contribution in [1.29, 1.82) is 0 Å². The van der Waals surface area contributed by atoms with Crippen molar-refractivity contribution in [2.24, 2.45) is 0 Å². The second-order valence-corrected chi connectivity index (χ2v) is 9.32. The molecule has 2 heterocycles. The molecular weight excluding hydrogens is 392 g/mol. The zero-order valence-corrected chi connectivity index (χ0v) is 18.9. The second-order valence-electron chi connectivity index (χ2n) is 9.32. The van der Waals surface area contributed by atoms with E-state index in [1.165, 1.54) is 6.42 Å². The molecule has 168 valence electrons. The fourth-order valence-electron chi connectivity index (χ4n) is 4.81. The van der Waals surface area contributed by atoms with Gasteiger partial charge in [0.25, 0.3) is 5.91 Å². The molecule has 31 heavy (non-hydrogen) atoms. The van der Waals surface area contributed by atoms with Crippen LogP contribution in [0.4, 0.5) is 0 Å². The molecule has 1 unspecified atom stereocenters. The molecule has 1 N–H and O–H groups in total. The number of hydrogen-bond acceptors (Lipinski definition) is 4. The maximum Gasteiger partial charge on any atom is 0.290 e. The Labute approximate surface area is 184 Å². The largest absolute Gasteiger partial charge is 0.379 e. The zero-order chi connectivity index (χ0) is 22.0. The molecule has 2 aromatic rings. The van der Waals surface area contributed by atoms with E-state index in [-0.39, 0.29) is 24.0 Å². The lowest BCUT2D eigenvalue weighted by molar-refractivity contribution is -0.134. The molecule has 0 bridgehead atoms. The summed E-state index contributed by atoms with van der Waals surface area (Å²) in [5.41, 5.74) is 0.708. The molecule has 1 aliphatic carbocycles. The number of benzene rings is 1. The van der Waals surface area contributed by atoms with E-state index in [2.05, 4.69) is 10.3 Å². The minimum atomic E-state index is -0.969. The summed E-state index contributed by atoms with van der Waals surface area (Å²) < 4.78 is 7.59. The number of amides is 2. The highest BCUT2D eigenvalue weighted by Crippen LogP contribution is 2.31. The molecule has 1 aromatic heterocycles. The lowest BCUT2D eigenvalue weighted by Crippen LogP contribution is -2.65. The first-order valence-electron chi connectivity index (χ1n) is 11.6. The molecule has 0 radical (unpaired) electrons. The van der Waals surface area contributed by atoms with Gasteiger partial charge in [0.05, 0.1) is 23.7 Å². The first-order chi connectivity index (χ1) is 14.9. The average molecular weight is 427 g/mol. The Kier molecular flexibility index (Phi) is 6.32. The number of imidazole rings is 1. The van der Waals surface area contributed by atoms with Crippen LogP contribution in [0, 0.1) is 0 Å². The predicted octanol–water partition coefficient (Wildman–Crippen LogP) is 3.51. The molecule has 1 saturated carbocycles. The minimum Gasteiger partial charge on any atom is -0.379 e. The molecule has 4 rings (SSSR count). The molecule has 0 spiro atoms. The Morgan fingerprint density at radius 1 is 1.26 bits per heavy atom. The molecule has 1 aliphatic heterocycles. The topological polar surface area (TPSA) is 76.5 Å². The van der Waals surface area contributed by atoms with Crippen LogP contribution in [0.1, 0.15) is 69.9 Å². The number of rotatable bonds is 7. The van der Waals surface area contributed by atoms with Gasteiger partial charge in [0.15, 0.2) is 5.82 Å². The molecule has 7 nitrogen and oxygen atoms in total. The second kappa shape index (κ2) is 8.99. The van der Waals surface area contributed by atoms with Crippen molar-refractivity contribution in [2.75, 3.05) is 13.2 Å². The maximum atomic E-state index is 13.6. The van der Waals surface area contributed by atoms with E-state index >= 15 is 0 Å². The number of carbonyl (C=O) groups excluding carboxylic acids is 2. The average Bonchev–Trinajstić information content (AvgIpc) is 3.12. The molecule has 0 saturated heterocycles. The van der Waals surface area contributed by atoms with Gasteiger partial charge in [0, 0.05) is 19.2 Å². The van der Waals surface area contributed by atoms with Crippen LogP contribution in [-0.2, 0) is 16.1 Å². The minimum absolute atomic E-state index is 0.0686. The van der Waals surface area contributed by atoms with Crippen LogP contribution in [0.2, 0.25) is 0 Å². The lowest BCUT2D eigenvalue weighted by Gasteiger charge is -2.44. The van der Waals surface area contributed by atoms with Crippen LogP contribution in [0.5, 0.6) is 0 Å². The van der Waals surface area contributed by atoms with E-state index in [1.54, 1.807) is 4.90 Å². The van der Waals surface area contributed by atoms with Gasteiger partial charge in [0.2, 0.25) is 5.91 Å². The first kappa shape index (κ1) is 21.8. The maximum absolute atomic E-state index is 13.6. The summed E-state index contributed by atoms with van der Waals surface area (Å²) in [6.45, 7) is 7.30. The summed E-state index contributed by atoms with van der Waals surface area (Å²) in [7, 11) is 0. The summed E-state index contributed by atoms with van der Waals surface area (Å²) in [4.78, 5) is 33.4. The van der Waals surface area contributed by atoms with Gasteiger partial charge in [-0.05, 0) is 52.2 Å². The third-order valence-corrected chi connectivity index (χ3v) is 6.56. The van der Waals surface area contributed by atoms with Gasteiger partial charge >= 0.3 is 0 Å². The normalized spacial score (nSPS) is 22.2. The smallest absolute Gasteiger partial charge is 0.290 e. The summed E-state index contributed by atoms with van der Waals surface area (Å²) in [5.74, 6) is 0.156. The van der Waals surface area contributed by atoms with E-state index in [9.17, 15) is 9.59 Å². The number of aromatic nitrogens is 2. The summed E-state index contributed by atoms with van der Waals surface area (Å²) in [5, 5.41) is 3.26. The number of para-hydroxylation sites is 2. The quantitative estimate of drug-likeness (QED) is 0.688. The Hall–Kier alpha value is -2.41. The van der Waals surface area contributed by atoms with Crippen molar-refractivity contribution >= 4 is 22.8 Å². The van der Waals surface area contributed by atoms with E-state index in [4.69, 9.17) is 4.74 Å². The van der Waals surface area contributed by atoms with Crippen LogP contribution < -0.4 is 5.32 Å². The number of fused-ring (bicyclic) bond motifs is 3. The van der Waals surface area contributed by atoms with E-state index < -0.39 is 5.54 Å². The molecular formula is C24H34N4O3. The fourth-order valence-corrected chi connectivity index (χ4v) is 4.81. The van der Waals surface area contributed by atoms with Gasteiger partial charge in [-0.25, -0.2) is 4.98 Å². The van der Waals surface area contributed by atoms with Crippen LogP contribution in [0.15, 0.2) is 24.3 Å². The Morgan fingerprint density at radius 2 is 2.00 bits per heavy atom. The summed E-state index contributed by atoms with van der Waals surface area (Å²) in [6.07, 6.45) is 6.36. The van der Waals surface area contributed by atoms with Crippen LogP contribution in [0.25, 0.3) is 11.0 Å². The highest BCUT2D eigenvalue weighted by Gasteiger charge is 2.48. The van der Waals surface area contributed by atoms with Crippen LogP contribution >= 0.6 is 0 Å². The molecule has 7 heteroatoms. The Bertz CT molecular complexity index is 947. The van der Waals surface area contributed by atoms with Gasteiger partial charge in [-0.1, -0.05) is 31.4 Å². The zero-order valence-electron chi connectivity index (χ0n) is 18.9. The van der Waals surface area contributed by atoms with Gasteiger partial charge in [0.1, 0.15) is 5.54 Å². The summed E-state index contributed by atoms with van der Waals surface area (Å²) in [6, 6.07) is 7.93. The number of ether oxygens (including phenoxy) is 1.